The van der Waals surface area contributed by atoms with Gasteiger partial charge >= 0.3 is 0 Å². The summed E-state index contributed by atoms with van der Waals surface area (Å²) in [5.41, 5.74) is 0. The first-order valence-corrected chi connectivity index (χ1v) is 2.24. The Morgan fingerprint density at radius 1 is 0.750 bits per heavy atom. The molecule has 1 aliphatic heterocycles. The van der Waals surface area contributed by atoms with E-state index in [0.717, 1.165) is 0 Å². The number of hydrogen-bond acceptors (Lipinski definition) is 1. The molecule has 0 unspecified atom stereocenters. The Morgan fingerprint density at radius 2 is 1.25 bits per heavy atom. The molecular weight excluding hydrogens is 145 g/mol. The van der Waals surface area contributed by atoms with Crippen LogP contribution in [0.5, 0.6) is 0 Å². The number of nitrogens with one attached hydrogen (secondary N) is 1. The van der Waals surface area contributed by atoms with Gasteiger partial charge in [0.05, 0.1) is 0 Å². The average Bonchev–Trinajstić information content (AvgIpc) is 1.90. The van der Waals surface area contributed by atoms with Gasteiger partial charge in [-0.2, -0.15) is 0 Å². The minimum atomic E-state index is 0. The van der Waals surface area contributed by atoms with Gasteiger partial charge in [0.15, 0.2) is 0 Å². The van der Waals surface area contributed by atoms with E-state index in [1.165, 1.54) is 0 Å². The Kier molecular flexibility index (Phi) is 4.40. The summed E-state index contributed by atoms with van der Waals surface area (Å²) in [6.07, 6.45) is 11.6. The summed E-state index contributed by atoms with van der Waals surface area (Å²) in [6.45, 7) is 0. The molecule has 0 fully saturated rings. The summed E-state index contributed by atoms with van der Waals surface area (Å²) >= 11 is 0. The van der Waals surface area contributed by atoms with E-state index in [4.69, 9.17) is 0 Å². The fourth-order valence-corrected chi connectivity index (χ4v) is 0.406. The van der Waals surface area contributed by atoms with Crippen molar-refractivity contribution in [2.45, 2.75) is 0 Å². The van der Waals surface area contributed by atoms with E-state index in [1.807, 2.05) is 36.7 Å². The molecule has 0 aromatic heterocycles. The molecule has 0 atom stereocenters. The van der Waals surface area contributed by atoms with Gasteiger partial charge in [0.2, 0.25) is 0 Å². The van der Waals surface area contributed by atoms with Gasteiger partial charge in [-0.3, -0.25) is 0 Å². The molecule has 0 aromatic carbocycles. The van der Waals surface area contributed by atoms with E-state index in [0.29, 0.717) is 0 Å². The smallest absolute Gasteiger partial charge is 0.000442 e. The Balaban J connectivity index is 0.000000490. The minimum Gasteiger partial charge on any atom is -0.368 e. The Labute approximate surface area is 59.4 Å². The van der Waals surface area contributed by atoms with E-state index in [1.54, 1.807) is 0 Å². The third kappa shape index (κ3) is 2.66. The van der Waals surface area contributed by atoms with Gasteiger partial charge in [-0.1, -0.05) is 12.2 Å². The molecule has 1 heterocycles. The van der Waals surface area contributed by atoms with E-state index < -0.39 is 0 Å². The first-order chi connectivity index (χ1) is 3.50. The zero-order valence-corrected chi connectivity index (χ0v) is 5.34. The second kappa shape index (κ2) is 4.68. The SMILES string of the molecule is C1=CC=CNC=C1.[Co]. The van der Waals surface area contributed by atoms with Crippen molar-refractivity contribution in [3.63, 3.8) is 0 Å². The molecular formula is C6H7CoN. The van der Waals surface area contributed by atoms with Gasteiger partial charge in [-0.15, -0.1) is 0 Å². The summed E-state index contributed by atoms with van der Waals surface area (Å²) in [4.78, 5) is 0. The van der Waals surface area contributed by atoms with Crippen LogP contribution in [0, 0.1) is 0 Å². The van der Waals surface area contributed by atoms with Gasteiger partial charge in [-0.05, 0) is 12.2 Å². The van der Waals surface area contributed by atoms with Crippen molar-refractivity contribution in [3.05, 3.63) is 36.7 Å². The number of allylic oxidation sites excluding steroid dienone is 4. The molecule has 8 heavy (non-hydrogen) atoms. The quantitative estimate of drug-likeness (QED) is 0.549. The Hall–Kier alpha value is -0.474. The summed E-state index contributed by atoms with van der Waals surface area (Å²) in [5, 5.41) is 2.92. The maximum Gasteiger partial charge on any atom is 0.000442 e. The van der Waals surface area contributed by atoms with Crippen LogP contribution < -0.4 is 5.32 Å². The first kappa shape index (κ1) is 7.53. The molecule has 0 saturated carbocycles. The molecule has 0 aromatic rings. The predicted octanol–water partition coefficient (Wildman–Crippen LogP) is 1.17. The summed E-state index contributed by atoms with van der Waals surface area (Å²) in [5.74, 6) is 0. The van der Waals surface area contributed by atoms with E-state index >= 15 is 0 Å². The summed E-state index contributed by atoms with van der Waals surface area (Å²) < 4.78 is 0. The fourth-order valence-electron chi connectivity index (χ4n) is 0.406. The van der Waals surface area contributed by atoms with E-state index in [2.05, 4.69) is 5.32 Å². The third-order valence-electron chi connectivity index (χ3n) is 0.718. The van der Waals surface area contributed by atoms with Crippen LogP contribution in [0.3, 0.4) is 0 Å². The van der Waals surface area contributed by atoms with E-state index in [-0.39, 0.29) is 16.8 Å². The van der Waals surface area contributed by atoms with Crippen LogP contribution in [0.25, 0.3) is 0 Å². The molecule has 1 aliphatic rings. The molecule has 0 aliphatic carbocycles. The van der Waals surface area contributed by atoms with Crippen LogP contribution in [-0.4, -0.2) is 0 Å². The number of rotatable bonds is 0. The van der Waals surface area contributed by atoms with Crippen molar-refractivity contribution in [1.82, 2.24) is 5.32 Å². The molecule has 1 nitrogen and oxygen atoms in total. The van der Waals surface area contributed by atoms with Crippen molar-refractivity contribution >= 4 is 0 Å². The molecule has 0 bridgehead atoms. The zero-order chi connectivity index (χ0) is 4.95. The van der Waals surface area contributed by atoms with Gasteiger partial charge in [-0.25, -0.2) is 0 Å². The van der Waals surface area contributed by atoms with Crippen LogP contribution in [0.4, 0.5) is 0 Å². The zero-order valence-electron chi connectivity index (χ0n) is 4.30. The monoisotopic (exact) mass is 152 g/mol. The maximum absolute atomic E-state index is 2.92. The topological polar surface area (TPSA) is 12.0 Å². The molecule has 0 amide bonds. The standard InChI is InChI=1S/C6H7N.Co/c1-2-4-6-7-5-3-1;/h1-7H;. The molecule has 2 heteroatoms. The van der Waals surface area contributed by atoms with Crippen molar-refractivity contribution in [3.8, 4) is 0 Å². The average molecular weight is 152 g/mol. The van der Waals surface area contributed by atoms with Crippen LogP contribution in [-0.2, 0) is 16.8 Å². The second-order valence-corrected chi connectivity index (χ2v) is 1.27. The van der Waals surface area contributed by atoms with Crippen molar-refractivity contribution in [1.29, 1.82) is 0 Å². The van der Waals surface area contributed by atoms with Gasteiger partial charge in [0, 0.05) is 29.2 Å². The maximum atomic E-state index is 2.92. The fraction of sp³-hybridized carbons (Fsp3) is 0. The van der Waals surface area contributed by atoms with E-state index in [9.17, 15) is 0 Å². The predicted molar refractivity (Wildman–Crippen MR) is 30.6 cm³/mol. The molecule has 45 valence electrons. The Bertz CT molecular complexity index is 110. The Morgan fingerprint density at radius 3 is 1.75 bits per heavy atom. The third-order valence-corrected chi connectivity index (χ3v) is 0.718. The molecule has 0 saturated heterocycles. The summed E-state index contributed by atoms with van der Waals surface area (Å²) in [7, 11) is 0. The normalized spacial score (nSPS) is 14.0. The van der Waals surface area contributed by atoms with Crippen molar-refractivity contribution in [2.24, 2.45) is 0 Å². The molecule has 1 N–H and O–H groups in total. The minimum absolute atomic E-state index is 0. The van der Waals surface area contributed by atoms with Crippen LogP contribution in [0.15, 0.2) is 36.7 Å². The van der Waals surface area contributed by atoms with Crippen LogP contribution in [0.1, 0.15) is 0 Å². The van der Waals surface area contributed by atoms with Gasteiger partial charge < -0.3 is 5.32 Å². The summed E-state index contributed by atoms with van der Waals surface area (Å²) in [6, 6.07) is 0. The molecule has 1 radical (unpaired) electrons. The van der Waals surface area contributed by atoms with Crippen molar-refractivity contribution < 1.29 is 16.8 Å². The molecule has 1 rings (SSSR count). The largest absolute Gasteiger partial charge is 0.368 e. The number of hydrogen-bond donors (Lipinski definition) is 1. The van der Waals surface area contributed by atoms with Crippen LogP contribution in [0.2, 0.25) is 0 Å². The molecule has 0 spiro atoms. The van der Waals surface area contributed by atoms with Gasteiger partial charge in [0.1, 0.15) is 0 Å². The van der Waals surface area contributed by atoms with Crippen LogP contribution >= 0.6 is 0 Å². The second-order valence-electron chi connectivity index (χ2n) is 1.27. The first-order valence-electron chi connectivity index (χ1n) is 2.24. The van der Waals surface area contributed by atoms with Crippen molar-refractivity contribution in [2.75, 3.05) is 0 Å². The van der Waals surface area contributed by atoms with Gasteiger partial charge in [0.25, 0.3) is 0 Å².